The number of ether oxygens (including phenoxy) is 3. The summed E-state index contributed by atoms with van der Waals surface area (Å²) in [6.07, 6.45) is 59.5. The van der Waals surface area contributed by atoms with Gasteiger partial charge in [0.25, 0.3) is 0 Å². The van der Waals surface area contributed by atoms with E-state index >= 15 is 0 Å². The van der Waals surface area contributed by atoms with Crippen molar-refractivity contribution >= 4 is 17.9 Å². The second kappa shape index (κ2) is 54.7. The maximum atomic E-state index is 12.9. The molecule has 0 aliphatic rings. The maximum Gasteiger partial charge on any atom is 0.306 e. The highest BCUT2D eigenvalue weighted by Gasteiger charge is 2.19. The minimum atomic E-state index is -0.762. The molecule has 0 aliphatic heterocycles. The molecule has 2 atom stereocenters. The van der Waals surface area contributed by atoms with E-state index in [0.29, 0.717) is 19.3 Å². The van der Waals surface area contributed by atoms with Crippen LogP contribution < -0.4 is 0 Å². The number of carbonyl (C=O) groups is 3. The Labute approximate surface area is 425 Å². The smallest absolute Gasteiger partial charge is 0.306 e. The molecule has 0 spiro atoms. The van der Waals surface area contributed by atoms with Crippen LogP contribution in [0.3, 0.4) is 0 Å². The first kappa shape index (κ1) is 66.4. The minimum Gasteiger partial charge on any atom is -0.462 e. The molecule has 0 aromatic heterocycles. The monoisotopic (exact) mass is 961 g/mol. The zero-order valence-electron chi connectivity index (χ0n) is 46.7. The average Bonchev–Trinajstić information content (AvgIpc) is 3.32. The third-order valence-corrected chi connectivity index (χ3v) is 14.6. The molecule has 0 saturated heterocycles. The number of rotatable bonds is 56. The Kier molecular flexibility index (Phi) is 53.5. The van der Waals surface area contributed by atoms with Gasteiger partial charge in [-0.1, -0.05) is 311 Å². The quantitative estimate of drug-likeness (QED) is 0.0343. The molecule has 0 bridgehead atoms. The Morgan fingerprint density at radius 2 is 0.559 bits per heavy atom. The van der Waals surface area contributed by atoms with E-state index in [1.807, 2.05) is 0 Å². The van der Waals surface area contributed by atoms with Crippen LogP contribution >= 0.6 is 0 Å². The van der Waals surface area contributed by atoms with Crippen molar-refractivity contribution < 1.29 is 28.6 Å². The summed E-state index contributed by atoms with van der Waals surface area (Å²) in [6, 6.07) is 0. The summed E-state index contributed by atoms with van der Waals surface area (Å²) in [5, 5.41) is 0. The van der Waals surface area contributed by atoms with E-state index in [2.05, 4.69) is 34.6 Å². The molecule has 404 valence electrons. The Bertz CT molecular complexity index is 1040. The summed E-state index contributed by atoms with van der Waals surface area (Å²) in [4.78, 5) is 38.2. The van der Waals surface area contributed by atoms with E-state index in [0.717, 1.165) is 69.6 Å². The number of hydrogen-bond acceptors (Lipinski definition) is 6. The molecule has 0 aliphatic carbocycles. The topological polar surface area (TPSA) is 78.9 Å². The fourth-order valence-corrected chi connectivity index (χ4v) is 9.55. The second-order valence-electron chi connectivity index (χ2n) is 22.1. The third kappa shape index (κ3) is 53.8. The van der Waals surface area contributed by atoms with Crippen molar-refractivity contribution in [2.24, 2.45) is 11.8 Å². The molecule has 6 heteroatoms. The van der Waals surface area contributed by atoms with Gasteiger partial charge in [-0.3, -0.25) is 14.4 Å². The van der Waals surface area contributed by atoms with Crippen LogP contribution in [0.1, 0.15) is 349 Å². The largest absolute Gasteiger partial charge is 0.462 e. The highest BCUT2D eigenvalue weighted by Crippen LogP contribution is 2.19. The Morgan fingerprint density at radius 1 is 0.309 bits per heavy atom. The van der Waals surface area contributed by atoms with Crippen molar-refractivity contribution in [1.82, 2.24) is 0 Å². The molecule has 1 unspecified atom stereocenters. The van der Waals surface area contributed by atoms with E-state index < -0.39 is 6.10 Å². The van der Waals surface area contributed by atoms with Crippen molar-refractivity contribution in [1.29, 1.82) is 0 Å². The van der Waals surface area contributed by atoms with Gasteiger partial charge >= 0.3 is 17.9 Å². The molecular weight excluding hydrogens is 841 g/mol. The van der Waals surface area contributed by atoms with E-state index in [1.165, 1.54) is 238 Å². The van der Waals surface area contributed by atoms with Gasteiger partial charge in [-0.15, -0.1) is 0 Å². The Hall–Kier alpha value is -1.59. The molecule has 6 nitrogen and oxygen atoms in total. The van der Waals surface area contributed by atoms with Crippen LogP contribution in [0.5, 0.6) is 0 Å². The molecule has 0 aromatic rings. The van der Waals surface area contributed by atoms with Gasteiger partial charge in [-0.05, 0) is 31.1 Å². The first-order chi connectivity index (χ1) is 33.3. The predicted molar refractivity (Wildman–Crippen MR) is 293 cm³/mol. The average molecular weight is 962 g/mol. The van der Waals surface area contributed by atoms with E-state index in [-0.39, 0.29) is 31.1 Å². The lowest BCUT2D eigenvalue weighted by atomic mass is 9.99. The molecule has 0 radical (unpaired) electrons. The molecule has 0 saturated carbocycles. The molecule has 0 heterocycles. The standard InChI is InChI=1S/C62H120O6/c1-6-8-9-10-11-12-25-32-37-42-47-52-60(63)66-55-59(56-67-61(64)53-48-43-38-33-28-23-20-19-21-26-30-35-40-45-50-57(3)4)68-62(65)54-49-44-39-34-29-24-18-16-14-13-15-17-22-27-31-36-41-46-51-58(5)7-2/h57-59H,6-56H2,1-5H3/t58?,59-/m1/s1. The first-order valence-electron chi connectivity index (χ1n) is 30.8. The highest BCUT2D eigenvalue weighted by atomic mass is 16.6. The maximum absolute atomic E-state index is 12.9. The van der Waals surface area contributed by atoms with Gasteiger partial charge in [0.05, 0.1) is 0 Å². The molecule has 0 N–H and O–H groups in total. The van der Waals surface area contributed by atoms with Crippen LogP contribution in [-0.2, 0) is 28.6 Å². The highest BCUT2D eigenvalue weighted by molar-refractivity contribution is 5.71. The van der Waals surface area contributed by atoms with Crippen molar-refractivity contribution in [2.45, 2.75) is 355 Å². The van der Waals surface area contributed by atoms with Gasteiger partial charge in [-0.2, -0.15) is 0 Å². The zero-order chi connectivity index (χ0) is 49.6. The van der Waals surface area contributed by atoms with Gasteiger partial charge in [0.1, 0.15) is 13.2 Å². The van der Waals surface area contributed by atoms with Crippen LogP contribution in [-0.4, -0.2) is 37.2 Å². The van der Waals surface area contributed by atoms with E-state index in [1.54, 1.807) is 0 Å². The summed E-state index contributed by atoms with van der Waals surface area (Å²) < 4.78 is 16.9. The zero-order valence-corrected chi connectivity index (χ0v) is 46.7. The van der Waals surface area contributed by atoms with Crippen LogP contribution in [0.2, 0.25) is 0 Å². The molecule has 68 heavy (non-hydrogen) atoms. The van der Waals surface area contributed by atoms with Gasteiger partial charge in [-0.25, -0.2) is 0 Å². The second-order valence-corrected chi connectivity index (χ2v) is 22.1. The van der Waals surface area contributed by atoms with E-state index in [9.17, 15) is 14.4 Å². The van der Waals surface area contributed by atoms with Crippen molar-refractivity contribution in [3.05, 3.63) is 0 Å². The summed E-state index contributed by atoms with van der Waals surface area (Å²) in [5.41, 5.74) is 0. The summed E-state index contributed by atoms with van der Waals surface area (Å²) in [7, 11) is 0. The number of esters is 3. The van der Waals surface area contributed by atoms with Gasteiger partial charge in [0, 0.05) is 19.3 Å². The summed E-state index contributed by atoms with van der Waals surface area (Å²) >= 11 is 0. The van der Waals surface area contributed by atoms with Crippen LogP contribution in [0.15, 0.2) is 0 Å². The predicted octanol–water partition coefficient (Wildman–Crippen LogP) is 20.4. The van der Waals surface area contributed by atoms with Crippen LogP contribution in [0, 0.1) is 11.8 Å². The van der Waals surface area contributed by atoms with Gasteiger partial charge in [0.2, 0.25) is 0 Å². The molecule has 0 aromatic carbocycles. The lowest BCUT2D eigenvalue weighted by molar-refractivity contribution is -0.167. The fraction of sp³-hybridized carbons (Fsp3) is 0.952. The molecule has 0 rings (SSSR count). The fourth-order valence-electron chi connectivity index (χ4n) is 9.55. The van der Waals surface area contributed by atoms with Crippen LogP contribution in [0.25, 0.3) is 0 Å². The van der Waals surface area contributed by atoms with Crippen LogP contribution in [0.4, 0.5) is 0 Å². The minimum absolute atomic E-state index is 0.0622. The Morgan fingerprint density at radius 3 is 0.838 bits per heavy atom. The van der Waals surface area contributed by atoms with Crippen molar-refractivity contribution in [2.75, 3.05) is 13.2 Å². The number of hydrogen-bond donors (Lipinski definition) is 0. The summed E-state index contributed by atoms with van der Waals surface area (Å²) in [6.45, 7) is 11.5. The molecule has 0 amide bonds. The summed E-state index contributed by atoms with van der Waals surface area (Å²) in [5.74, 6) is 0.918. The Balaban J connectivity index is 4.22. The number of carbonyl (C=O) groups excluding carboxylic acids is 3. The number of unbranched alkanes of at least 4 members (excludes halogenated alkanes) is 40. The van der Waals surface area contributed by atoms with Crippen molar-refractivity contribution in [3.63, 3.8) is 0 Å². The lowest BCUT2D eigenvalue weighted by Gasteiger charge is -2.18. The SMILES string of the molecule is CCCCCCCCCCCCCC(=O)OC[C@H](COC(=O)CCCCCCCCCCCCCCCCC(C)C)OC(=O)CCCCCCCCCCCCCCCCCCCCC(C)CC. The molecular formula is C62H120O6. The lowest BCUT2D eigenvalue weighted by Crippen LogP contribution is -2.30. The van der Waals surface area contributed by atoms with E-state index in [4.69, 9.17) is 14.2 Å². The molecule has 0 fully saturated rings. The normalized spacial score (nSPS) is 12.4. The third-order valence-electron chi connectivity index (χ3n) is 14.6. The first-order valence-corrected chi connectivity index (χ1v) is 30.8. The van der Waals surface area contributed by atoms with Gasteiger partial charge in [0.15, 0.2) is 6.10 Å². The van der Waals surface area contributed by atoms with Gasteiger partial charge < -0.3 is 14.2 Å². The van der Waals surface area contributed by atoms with Crippen molar-refractivity contribution in [3.8, 4) is 0 Å².